The summed E-state index contributed by atoms with van der Waals surface area (Å²) in [6, 6.07) is 0.984. The van der Waals surface area contributed by atoms with Gasteiger partial charge in [0.05, 0.1) is 17.2 Å². The van der Waals surface area contributed by atoms with Gasteiger partial charge in [-0.15, -0.1) is 0 Å². The first-order valence-corrected chi connectivity index (χ1v) is 5.16. The van der Waals surface area contributed by atoms with Crippen LogP contribution in [-0.2, 0) is 17.4 Å². The first-order valence-electron chi connectivity index (χ1n) is 5.16. The van der Waals surface area contributed by atoms with Crippen molar-refractivity contribution in [3.05, 3.63) is 29.1 Å². The molecule has 0 aromatic carbocycles. The number of carboxylic acids is 1. The summed E-state index contributed by atoms with van der Waals surface area (Å²) in [5.74, 6) is -2.17. The molecule has 0 aliphatic heterocycles. The standard InChI is InChI=1S/C11H10F3NO2.Li/c12-11(13,14)7-4-6-2-1-3-8(10(16)17)9(6)15-5-7;/h4-5,8H,1-3H2,(H,16,17);/q;+1/p-1. The summed E-state index contributed by atoms with van der Waals surface area (Å²) in [4.78, 5) is 14.5. The Morgan fingerprint density at radius 1 is 1.44 bits per heavy atom. The van der Waals surface area contributed by atoms with Crippen LogP contribution < -0.4 is 24.0 Å². The van der Waals surface area contributed by atoms with Gasteiger partial charge in [0.2, 0.25) is 0 Å². The van der Waals surface area contributed by atoms with Crippen LogP contribution in [0.25, 0.3) is 0 Å². The number of alkyl halides is 3. The summed E-state index contributed by atoms with van der Waals surface area (Å²) in [5.41, 5.74) is -0.264. The molecular formula is C11H9F3LiNO2. The van der Waals surface area contributed by atoms with Gasteiger partial charge < -0.3 is 9.90 Å². The molecule has 0 spiro atoms. The molecule has 7 heteroatoms. The van der Waals surface area contributed by atoms with Crippen molar-refractivity contribution in [2.75, 3.05) is 0 Å². The Labute approximate surface area is 114 Å². The van der Waals surface area contributed by atoms with Crippen molar-refractivity contribution in [2.24, 2.45) is 0 Å². The number of aliphatic carboxylic acids is 1. The number of rotatable bonds is 1. The topological polar surface area (TPSA) is 53.0 Å². The van der Waals surface area contributed by atoms with Crippen molar-refractivity contribution in [1.29, 1.82) is 0 Å². The normalized spacial score (nSPS) is 18.7. The van der Waals surface area contributed by atoms with E-state index in [2.05, 4.69) is 4.98 Å². The number of carbonyl (C=O) groups is 1. The van der Waals surface area contributed by atoms with Crippen LogP contribution in [0.3, 0.4) is 0 Å². The molecule has 1 aliphatic carbocycles. The van der Waals surface area contributed by atoms with Crippen LogP contribution in [0.15, 0.2) is 12.3 Å². The Balaban J connectivity index is 0.00000162. The number of carbonyl (C=O) groups excluding carboxylic acids is 1. The molecule has 0 fully saturated rings. The molecule has 1 aromatic heterocycles. The van der Waals surface area contributed by atoms with E-state index in [1.54, 1.807) is 0 Å². The third-order valence-electron chi connectivity index (χ3n) is 2.88. The maximum absolute atomic E-state index is 12.4. The van der Waals surface area contributed by atoms with Gasteiger partial charge in [-0.1, -0.05) is 0 Å². The number of hydrogen-bond donors (Lipinski definition) is 0. The first-order chi connectivity index (χ1) is 7.89. The van der Waals surface area contributed by atoms with Gasteiger partial charge in [0.25, 0.3) is 0 Å². The van der Waals surface area contributed by atoms with Crippen LogP contribution >= 0.6 is 0 Å². The van der Waals surface area contributed by atoms with E-state index in [-0.39, 0.29) is 24.6 Å². The molecule has 0 amide bonds. The molecule has 92 valence electrons. The number of halogens is 3. The molecule has 1 unspecified atom stereocenters. The Hall–Kier alpha value is -0.993. The predicted octanol–water partition coefficient (Wildman–Crippen LogP) is -1.73. The van der Waals surface area contributed by atoms with Crippen LogP contribution in [0.5, 0.6) is 0 Å². The van der Waals surface area contributed by atoms with E-state index in [4.69, 9.17) is 0 Å². The summed E-state index contributed by atoms with van der Waals surface area (Å²) in [5, 5.41) is 10.8. The van der Waals surface area contributed by atoms with Gasteiger partial charge in [-0.2, -0.15) is 13.2 Å². The van der Waals surface area contributed by atoms with E-state index in [0.717, 1.165) is 6.07 Å². The Bertz CT molecular complexity index is 462. The predicted molar refractivity (Wildman–Crippen MR) is 49.9 cm³/mol. The average molecular weight is 251 g/mol. The van der Waals surface area contributed by atoms with Crippen molar-refractivity contribution in [2.45, 2.75) is 31.4 Å². The number of pyridine rings is 1. The SMILES string of the molecule is O=C([O-])C1CCCc2cc(C(F)(F)F)cnc21.[Li+]. The number of aryl methyl sites for hydroxylation is 1. The van der Waals surface area contributed by atoms with E-state index in [9.17, 15) is 23.1 Å². The quantitative estimate of drug-likeness (QED) is 0.558. The average Bonchev–Trinajstić information content (AvgIpc) is 2.26. The zero-order valence-electron chi connectivity index (χ0n) is 9.75. The van der Waals surface area contributed by atoms with Gasteiger partial charge >= 0.3 is 25.0 Å². The fourth-order valence-electron chi connectivity index (χ4n) is 2.05. The van der Waals surface area contributed by atoms with Gasteiger partial charge in [-0.05, 0) is 30.9 Å². The summed E-state index contributed by atoms with van der Waals surface area (Å²) >= 11 is 0. The maximum atomic E-state index is 12.4. The molecule has 0 saturated carbocycles. The van der Waals surface area contributed by atoms with Crippen LogP contribution in [0.2, 0.25) is 0 Å². The number of aromatic nitrogens is 1. The van der Waals surface area contributed by atoms with Gasteiger partial charge in [0.1, 0.15) is 0 Å². The van der Waals surface area contributed by atoms with Crippen LogP contribution in [0, 0.1) is 0 Å². The van der Waals surface area contributed by atoms with Gasteiger partial charge in [0, 0.05) is 12.1 Å². The molecular weight excluding hydrogens is 242 g/mol. The van der Waals surface area contributed by atoms with Crippen molar-refractivity contribution >= 4 is 5.97 Å². The van der Waals surface area contributed by atoms with Crippen molar-refractivity contribution < 1.29 is 41.9 Å². The van der Waals surface area contributed by atoms with E-state index in [1.807, 2.05) is 0 Å². The summed E-state index contributed by atoms with van der Waals surface area (Å²) in [6.07, 6.45) is -2.44. The molecule has 1 aliphatic rings. The zero-order valence-corrected chi connectivity index (χ0v) is 9.75. The Morgan fingerprint density at radius 2 is 2.11 bits per heavy atom. The van der Waals surface area contributed by atoms with Crippen molar-refractivity contribution in [3.63, 3.8) is 0 Å². The van der Waals surface area contributed by atoms with Crippen molar-refractivity contribution in [1.82, 2.24) is 4.98 Å². The Kier molecular flexibility index (Phi) is 4.46. The molecule has 0 N–H and O–H groups in total. The minimum absolute atomic E-state index is 0. The molecule has 0 radical (unpaired) electrons. The summed E-state index contributed by atoms with van der Waals surface area (Å²) in [6.45, 7) is 0. The number of hydrogen-bond acceptors (Lipinski definition) is 3. The number of fused-ring (bicyclic) bond motifs is 1. The van der Waals surface area contributed by atoms with Gasteiger partial charge in [-0.25, -0.2) is 0 Å². The third kappa shape index (κ3) is 2.87. The fourth-order valence-corrected chi connectivity index (χ4v) is 2.05. The fraction of sp³-hybridized carbons (Fsp3) is 0.455. The molecule has 3 nitrogen and oxygen atoms in total. The van der Waals surface area contributed by atoms with Gasteiger partial charge in [-0.3, -0.25) is 4.98 Å². The van der Waals surface area contributed by atoms with Gasteiger partial charge in [0.15, 0.2) is 0 Å². The molecule has 0 bridgehead atoms. The third-order valence-corrected chi connectivity index (χ3v) is 2.88. The second-order valence-electron chi connectivity index (χ2n) is 4.03. The Morgan fingerprint density at radius 3 is 2.67 bits per heavy atom. The molecule has 2 rings (SSSR count). The largest absolute Gasteiger partial charge is 1.00 e. The van der Waals surface area contributed by atoms with E-state index >= 15 is 0 Å². The smallest absolute Gasteiger partial charge is 0.549 e. The first kappa shape index (κ1) is 15.1. The van der Waals surface area contributed by atoms with E-state index in [1.165, 1.54) is 0 Å². The molecule has 18 heavy (non-hydrogen) atoms. The van der Waals surface area contributed by atoms with E-state index < -0.39 is 23.6 Å². The zero-order chi connectivity index (χ0) is 12.6. The van der Waals surface area contributed by atoms with Crippen molar-refractivity contribution in [3.8, 4) is 0 Å². The second kappa shape index (κ2) is 5.33. The summed E-state index contributed by atoms with van der Waals surface area (Å²) < 4.78 is 37.3. The van der Waals surface area contributed by atoms with Crippen LogP contribution in [0.4, 0.5) is 13.2 Å². The van der Waals surface area contributed by atoms with Crippen LogP contribution in [0.1, 0.15) is 35.6 Å². The molecule has 1 aromatic rings. The molecule has 1 atom stereocenters. The number of carboxylic acid groups (broad SMARTS) is 1. The van der Waals surface area contributed by atoms with Crippen LogP contribution in [-0.4, -0.2) is 11.0 Å². The summed E-state index contributed by atoms with van der Waals surface area (Å²) in [7, 11) is 0. The second-order valence-corrected chi connectivity index (χ2v) is 4.03. The number of nitrogens with zero attached hydrogens (tertiary/aromatic N) is 1. The molecule has 1 heterocycles. The minimum Gasteiger partial charge on any atom is -0.549 e. The minimum atomic E-state index is -4.45. The maximum Gasteiger partial charge on any atom is 1.00 e. The monoisotopic (exact) mass is 251 g/mol. The van der Waals surface area contributed by atoms with E-state index in [0.29, 0.717) is 31.0 Å². The molecule has 0 saturated heterocycles.